The third-order valence-electron chi connectivity index (χ3n) is 13.6. The molecule has 1 saturated heterocycles. The summed E-state index contributed by atoms with van der Waals surface area (Å²) >= 11 is 0. The van der Waals surface area contributed by atoms with Crippen molar-refractivity contribution in [3.8, 4) is 69.0 Å². The maximum absolute atomic E-state index is 11.8. The summed E-state index contributed by atoms with van der Waals surface area (Å²) in [7, 11) is 0. The number of phenolic OH excluding ortho intramolecular Hbond substituents is 10. The molecule has 0 aromatic heterocycles. The average Bonchev–Trinajstić information content (AvgIpc) is 4.01. The van der Waals surface area contributed by atoms with Gasteiger partial charge in [0.2, 0.25) is 0 Å². The summed E-state index contributed by atoms with van der Waals surface area (Å²) in [5.41, 5.74) is 5.70. The molecule has 0 radical (unpaired) electrons. The molecule has 0 spiro atoms. The number of hydrogen-bond acceptors (Lipinski definition) is 13. The van der Waals surface area contributed by atoms with Gasteiger partial charge in [-0.2, -0.15) is 0 Å². The SMILES string of the molecule is Oc1ccc([C@H]2O[C@@H](c3ccc(O)cc3)[C@H](c3cc(O)cc4c3[C@@H](c3cc(O)cc5c3[C@@H](c3cc(O)cc(O)c3)[C@H](c3ccc(O)cc3)O5)[C@H](c3ccc(O)cc3)O4)[C@@H]2c2cc(O)cc(O)c2)cc1. The maximum Gasteiger partial charge on any atom is 0.135 e. The first-order valence-electron chi connectivity index (χ1n) is 22.2. The number of hydrogen-bond donors (Lipinski definition) is 10. The van der Waals surface area contributed by atoms with E-state index in [2.05, 4.69) is 0 Å². The molecule has 0 amide bonds. The van der Waals surface area contributed by atoms with Crippen LogP contribution in [0.15, 0.2) is 158 Å². The Hall–Kier alpha value is -8.68. The lowest BCUT2D eigenvalue weighted by Crippen LogP contribution is -2.19. The zero-order valence-corrected chi connectivity index (χ0v) is 36.3. The van der Waals surface area contributed by atoms with Crippen LogP contribution in [0.5, 0.6) is 69.0 Å². The fraction of sp³-hybridized carbons (Fsp3) is 0.143. The Morgan fingerprint density at radius 3 is 1.03 bits per heavy atom. The van der Waals surface area contributed by atoms with Gasteiger partial charge in [0.05, 0.1) is 24.0 Å². The molecule has 3 aliphatic heterocycles. The van der Waals surface area contributed by atoms with Crippen LogP contribution in [0.3, 0.4) is 0 Å². The number of benzene rings is 8. The van der Waals surface area contributed by atoms with E-state index in [4.69, 9.17) is 14.2 Å². The number of ether oxygens (including phenoxy) is 3. The molecule has 69 heavy (non-hydrogen) atoms. The fourth-order valence-corrected chi connectivity index (χ4v) is 10.8. The molecule has 346 valence electrons. The number of fused-ring (bicyclic) bond motifs is 2. The molecule has 13 heteroatoms. The Morgan fingerprint density at radius 1 is 0.261 bits per heavy atom. The van der Waals surface area contributed by atoms with Crippen LogP contribution in [0.1, 0.15) is 104 Å². The first kappa shape index (κ1) is 42.9. The third-order valence-corrected chi connectivity index (χ3v) is 13.6. The third kappa shape index (κ3) is 7.68. The highest BCUT2D eigenvalue weighted by molar-refractivity contribution is 5.65. The molecule has 8 aromatic carbocycles. The van der Waals surface area contributed by atoms with Gasteiger partial charge in [-0.1, -0.05) is 48.5 Å². The van der Waals surface area contributed by atoms with E-state index in [0.29, 0.717) is 61.4 Å². The Kier molecular flexibility index (Phi) is 10.3. The van der Waals surface area contributed by atoms with Crippen molar-refractivity contribution in [2.24, 2.45) is 0 Å². The van der Waals surface area contributed by atoms with Crippen molar-refractivity contribution >= 4 is 0 Å². The van der Waals surface area contributed by atoms with E-state index in [0.717, 1.165) is 0 Å². The van der Waals surface area contributed by atoms with Gasteiger partial charge in [-0.15, -0.1) is 0 Å². The normalized spacial score (nSPS) is 22.4. The molecule has 0 aliphatic carbocycles. The second kappa shape index (κ2) is 16.6. The Labute approximate surface area is 394 Å². The minimum atomic E-state index is -0.899. The quantitative estimate of drug-likeness (QED) is 0.0685. The molecule has 0 saturated carbocycles. The lowest BCUT2D eigenvalue weighted by atomic mass is 9.70. The van der Waals surface area contributed by atoms with Crippen LogP contribution in [-0.4, -0.2) is 51.1 Å². The van der Waals surface area contributed by atoms with Crippen molar-refractivity contribution in [3.05, 3.63) is 213 Å². The van der Waals surface area contributed by atoms with Gasteiger partial charge in [-0.3, -0.25) is 0 Å². The number of rotatable bonds is 8. The molecular weight excluding hydrogens is 881 g/mol. The summed E-state index contributed by atoms with van der Waals surface area (Å²) < 4.78 is 20.9. The molecule has 3 heterocycles. The van der Waals surface area contributed by atoms with Gasteiger partial charge in [-0.05, 0) is 129 Å². The maximum atomic E-state index is 11.8. The van der Waals surface area contributed by atoms with Gasteiger partial charge in [0.1, 0.15) is 81.2 Å². The second-order valence-electron chi connectivity index (χ2n) is 17.9. The zero-order chi connectivity index (χ0) is 47.8. The fourth-order valence-electron chi connectivity index (χ4n) is 10.8. The first-order valence-corrected chi connectivity index (χ1v) is 22.2. The van der Waals surface area contributed by atoms with Crippen molar-refractivity contribution < 1.29 is 65.3 Å². The van der Waals surface area contributed by atoms with Crippen molar-refractivity contribution in [2.75, 3.05) is 0 Å². The van der Waals surface area contributed by atoms with Crippen LogP contribution in [0.25, 0.3) is 0 Å². The van der Waals surface area contributed by atoms with Crippen LogP contribution in [-0.2, 0) is 4.74 Å². The first-order chi connectivity index (χ1) is 33.3. The zero-order valence-electron chi connectivity index (χ0n) is 36.3. The van der Waals surface area contributed by atoms with E-state index in [1.54, 1.807) is 84.9 Å². The molecule has 0 unspecified atom stereocenters. The molecule has 8 aromatic rings. The predicted octanol–water partition coefficient (Wildman–Crippen LogP) is 10.7. The van der Waals surface area contributed by atoms with Crippen LogP contribution < -0.4 is 9.47 Å². The van der Waals surface area contributed by atoms with Crippen molar-refractivity contribution in [1.82, 2.24) is 0 Å². The molecule has 1 fully saturated rings. The highest BCUT2D eigenvalue weighted by Crippen LogP contribution is 2.65. The van der Waals surface area contributed by atoms with E-state index in [-0.39, 0.29) is 63.2 Å². The van der Waals surface area contributed by atoms with E-state index in [1.165, 1.54) is 72.8 Å². The standard InChI is InChI=1S/C56H44O13/c57-33-9-1-27(2-10-33)53-47(31-17-37(61)21-38(62)18-31)49-43(23-41(65)25-45(49)67-53)52-50-44(24-42(66)26-46(50)68-55(52)29-5-13-35(59)14-6-29)51-48(32-19-39(63)22-40(64)20-32)54(28-3-11-34(58)12-4-28)69-56(51)30-7-15-36(60)16-8-30/h1-26,47-48,51-66H/t47-,48+,51-,52-,53+,54-,55+,56+/m1/s1. The highest BCUT2D eigenvalue weighted by atomic mass is 16.5. The monoisotopic (exact) mass is 924 g/mol. The van der Waals surface area contributed by atoms with E-state index in [1.807, 2.05) is 0 Å². The summed E-state index contributed by atoms with van der Waals surface area (Å²) in [5.74, 6) is -3.64. The highest BCUT2D eigenvalue weighted by Gasteiger charge is 2.52. The largest absolute Gasteiger partial charge is 0.508 e. The predicted molar refractivity (Wildman–Crippen MR) is 251 cm³/mol. The molecule has 10 N–H and O–H groups in total. The van der Waals surface area contributed by atoms with E-state index in [9.17, 15) is 51.1 Å². The smallest absolute Gasteiger partial charge is 0.135 e. The van der Waals surface area contributed by atoms with E-state index >= 15 is 0 Å². The van der Waals surface area contributed by atoms with Gasteiger partial charge in [-0.25, -0.2) is 0 Å². The summed E-state index contributed by atoms with van der Waals surface area (Å²) in [5, 5.41) is 109. The molecule has 13 nitrogen and oxygen atoms in total. The van der Waals surface area contributed by atoms with Gasteiger partial charge >= 0.3 is 0 Å². The van der Waals surface area contributed by atoms with Gasteiger partial charge in [0.25, 0.3) is 0 Å². The lowest BCUT2D eigenvalue weighted by Gasteiger charge is -2.30. The van der Waals surface area contributed by atoms with Crippen molar-refractivity contribution in [1.29, 1.82) is 0 Å². The van der Waals surface area contributed by atoms with Gasteiger partial charge in [0.15, 0.2) is 0 Å². The average molecular weight is 925 g/mol. The Bertz CT molecular complexity index is 3200. The van der Waals surface area contributed by atoms with Gasteiger partial charge < -0.3 is 65.3 Å². The summed E-state index contributed by atoms with van der Waals surface area (Å²) in [6, 6.07) is 40.9. The van der Waals surface area contributed by atoms with Crippen molar-refractivity contribution in [2.45, 2.75) is 48.1 Å². The van der Waals surface area contributed by atoms with Crippen LogP contribution in [0.2, 0.25) is 0 Å². The van der Waals surface area contributed by atoms with Crippen LogP contribution in [0, 0.1) is 0 Å². The summed E-state index contributed by atoms with van der Waals surface area (Å²) in [6.07, 6.45) is -3.37. The molecular formula is C56H44O13. The van der Waals surface area contributed by atoms with Crippen LogP contribution in [0.4, 0.5) is 0 Å². The molecule has 11 rings (SSSR count). The second-order valence-corrected chi connectivity index (χ2v) is 17.9. The van der Waals surface area contributed by atoms with Crippen LogP contribution >= 0.6 is 0 Å². The molecule has 3 aliphatic rings. The molecule has 0 bridgehead atoms. The lowest BCUT2D eigenvalue weighted by molar-refractivity contribution is 0.0366. The number of phenols is 10. The minimum Gasteiger partial charge on any atom is -0.508 e. The van der Waals surface area contributed by atoms with E-state index < -0.39 is 48.1 Å². The minimum absolute atomic E-state index is 0.00798. The van der Waals surface area contributed by atoms with Crippen molar-refractivity contribution in [3.63, 3.8) is 0 Å². The topological polar surface area (TPSA) is 230 Å². The Balaban J connectivity index is 1.20. The Morgan fingerprint density at radius 2 is 0.594 bits per heavy atom. The summed E-state index contributed by atoms with van der Waals surface area (Å²) in [6.45, 7) is 0. The molecule has 8 atom stereocenters. The number of aromatic hydroxyl groups is 10. The van der Waals surface area contributed by atoms with Gasteiger partial charge in [0, 0.05) is 47.2 Å². The summed E-state index contributed by atoms with van der Waals surface area (Å²) in [4.78, 5) is 0.